The third kappa shape index (κ3) is 16.9. The van der Waals surface area contributed by atoms with E-state index in [1.807, 2.05) is 13.8 Å². The molecule has 9 nitrogen and oxygen atoms in total. The van der Waals surface area contributed by atoms with E-state index in [9.17, 15) is 42.3 Å². The van der Waals surface area contributed by atoms with E-state index in [0.717, 1.165) is 31.2 Å². The van der Waals surface area contributed by atoms with Crippen LogP contribution in [-0.2, 0) is 30.4 Å². The first-order valence-corrected chi connectivity index (χ1v) is 16.8. The number of unbranched alkanes of at least 4 members (excludes halogenated alkanes) is 6. The zero-order chi connectivity index (χ0) is 35.6. The maximum atomic E-state index is 13.5. The largest absolute Gasteiger partial charge is 0.416 e. The highest BCUT2D eigenvalue weighted by atomic mass is 19.4. The monoisotopic (exact) mass is 669 g/mol. The van der Waals surface area contributed by atoms with Gasteiger partial charge in [-0.3, -0.25) is 24.0 Å². The second kappa shape index (κ2) is 21.6. The molecular formula is C35H54F3N3O6. The summed E-state index contributed by atoms with van der Waals surface area (Å²) in [6.45, 7) is 7.16. The summed E-state index contributed by atoms with van der Waals surface area (Å²) in [5.74, 6) is -4.83. The number of rotatable bonds is 24. The fraction of sp³-hybridized carbons (Fsp3) is 0.686. The molecule has 0 radical (unpaired) electrons. The number of ketones is 2. The summed E-state index contributed by atoms with van der Waals surface area (Å²) in [5, 5.41) is 14.7. The van der Waals surface area contributed by atoms with E-state index in [1.54, 1.807) is 30.3 Å². The Hall–Kier alpha value is -3.28. The molecule has 0 spiro atoms. The van der Waals surface area contributed by atoms with E-state index < -0.39 is 79.0 Å². The predicted octanol–water partition coefficient (Wildman–Crippen LogP) is 5.35. The van der Waals surface area contributed by atoms with Crippen LogP contribution in [0.2, 0.25) is 0 Å². The van der Waals surface area contributed by atoms with Crippen LogP contribution in [0, 0.1) is 17.8 Å². The summed E-state index contributed by atoms with van der Waals surface area (Å²) in [6.07, 6.45) is -1.49. The van der Waals surface area contributed by atoms with Crippen molar-refractivity contribution in [2.75, 3.05) is 0 Å². The van der Waals surface area contributed by atoms with Gasteiger partial charge in [0.1, 0.15) is 5.78 Å². The molecule has 0 heterocycles. The second-order valence-corrected chi connectivity index (χ2v) is 12.9. The highest BCUT2D eigenvalue weighted by Crippen LogP contribution is 2.25. The van der Waals surface area contributed by atoms with Crippen LogP contribution in [-0.4, -0.2) is 58.8 Å². The molecule has 0 aliphatic carbocycles. The molecule has 1 rings (SSSR count). The van der Waals surface area contributed by atoms with Gasteiger partial charge in [-0.25, -0.2) is 0 Å². The SMILES string of the molecule is CCCCCCCCCC(=O)C[C@H](C(=O)N[C@@H](Cc1ccccc1)C(=O)C[C@@H](C)C(=O)N[C@H](CCC(N)=O)C(O)C(F)(F)F)C(C)C. The number of hydrogen-bond donors (Lipinski definition) is 4. The van der Waals surface area contributed by atoms with Gasteiger partial charge in [-0.15, -0.1) is 0 Å². The minimum absolute atomic E-state index is 0.0180. The van der Waals surface area contributed by atoms with Gasteiger partial charge >= 0.3 is 6.18 Å². The van der Waals surface area contributed by atoms with E-state index in [-0.39, 0.29) is 24.5 Å². The van der Waals surface area contributed by atoms with Crippen LogP contribution in [0.5, 0.6) is 0 Å². The van der Waals surface area contributed by atoms with Crippen LogP contribution in [0.1, 0.15) is 110 Å². The summed E-state index contributed by atoms with van der Waals surface area (Å²) in [6, 6.07) is 5.97. The summed E-state index contributed by atoms with van der Waals surface area (Å²) >= 11 is 0. The summed E-state index contributed by atoms with van der Waals surface area (Å²) < 4.78 is 39.7. The number of primary amides is 1. The van der Waals surface area contributed by atoms with E-state index in [4.69, 9.17) is 5.73 Å². The number of carbonyl (C=O) groups excluding carboxylic acids is 5. The molecule has 5 atom stereocenters. The highest BCUT2D eigenvalue weighted by Gasteiger charge is 2.44. The number of nitrogens with two attached hydrogens (primary N) is 1. The molecule has 0 aromatic heterocycles. The predicted molar refractivity (Wildman–Crippen MR) is 174 cm³/mol. The fourth-order valence-corrected chi connectivity index (χ4v) is 5.33. The van der Waals surface area contributed by atoms with Crippen molar-refractivity contribution >= 4 is 29.3 Å². The Bertz CT molecular complexity index is 1130. The van der Waals surface area contributed by atoms with Gasteiger partial charge < -0.3 is 21.5 Å². The topological polar surface area (TPSA) is 156 Å². The first-order chi connectivity index (χ1) is 22.1. The van der Waals surface area contributed by atoms with Crippen molar-refractivity contribution < 1.29 is 42.3 Å². The molecule has 1 aromatic carbocycles. The van der Waals surface area contributed by atoms with Crippen molar-refractivity contribution in [3.05, 3.63) is 35.9 Å². The zero-order valence-corrected chi connectivity index (χ0v) is 28.2. The minimum Gasteiger partial charge on any atom is -0.382 e. The van der Waals surface area contributed by atoms with Crippen molar-refractivity contribution in [1.29, 1.82) is 0 Å². The average molecular weight is 670 g/mol. The second-order valence-electron chi connectivity index (χ2n) is 12.9. The van der Waals surface area contributed by atoms with Crippen molar-refractivity contribution in [2.24, 2.45) is 23.5 Å². The Morgan fingerprint density at radius 2 is 1.43 bits per heavy atom. The Kier molecular flexibility index (Phi) is 19.2. The molecule has 1 aromatic rings. The molecule has 0 aliphatic heterocycles. The third-order valence-corrected chi connectivity index (χ3v) is 8.34. The number of alkyl halides is 3. The van der Waals surface area contributed by atoms with Gasteiger partial charge in [-0.1, -0.05) is 96.6 Å². The lowest BCUT2D eigenvalue weighted by molar-refractivity contribution is -0.213. The van der Waals surface area contributed by atoms with Gasteiger partial charge in [0.15, 0.2) is 11.9 Å². The Morgan fingerprint density at radius 3 is 1.98 bits per heavy atom. The maximum Gasteiger partial charge on any atom is 0.416 e. The molecule has 12 heteroatoms. The Labute approximate surface area is 277 Å². The van der Waals surface area contributed by atoms with Crippen LogP contribution in [0.3, 0.4) is 0 Å². The number of benzene rings is 1. The molecule has 0 saturated heterocycles. The Balaban J connectivity index is 2.97. The van der Waals surface area contributed by atoms with Gasteiger partial charge in [-0.2, -0.15) is 13.2 Å². The standard InChI is InChI=1S/C35H54F3N3O6/c1-5-6-7-8-9-10-14-17-26(42)22-27(23(2)3)34(47)41-29(21-25-15-12-11-13-16-25)30(43)20-24(4)33(46)40-28(18-19-31(39)44)32(45)35(36,37)38/h11-13,15-16,23-24,27-29,32,45H,5-10,14,17-22H2,1-4H3,(H2,39,44)(H,40,46)(H,41,47)/t24-,27+,28-,29+,32?/m1/s1. The van der Waals surface area contributed by atoms with E-state index in [0.29, 0.717) is 6.42 Å². The molecule has 0 fully saturated rings. The number of hydrogen-bond acceptors (Lipinski definition) is 6. The lowest BCUT2D eigenvalue weighted by Gasteiger charge is -2.27. The van der Waals surface area contributed by atoms with Gasteiger partial charge in [0.2, 0.25) is 17.7 Å². The van der Waals surface area contributed by atoms with Gasteiger partial charge in [0, 0.05) is 37.5 Å². The lowest BCUT2D eigenvalue weighted by atomic mass is 9.87. The van der Waals surface area contributed by atoms with Gasteiger partial charge in [-0.05, 0) is 30.7 Å². The normalized spacial score (nSPS) is 14.9. The fourth-order valence-electron chi connectivity index (χ4n) is 5.33. The summed E-state index contributed by atoms with van der Waals surface area (Å²) in [7, 11) is 0. The molecule has 0 bridgehead atoms. The number of halogens is 3. The smallest absolute Gasteiger partial charge is 0.382 e. The average Bonchev–Trinajstić information content (AvgIpc) is 3.00. The number of amides is 3. The van der Waals surface area contributed by atoms with Crippen LogP contribution in [0.15, 0.2) is 30.3 Å². The molecule has 47 heavy (non-hydrogen) atoms. The molecule has 0 saturated carbocycles. The van der Waals surface area contributed by atoms with Crippen LogP contribution in [0.25, 0.3) is 0 Å². The lowest BCUT2D eigenvalue weighted by Crippen LogP contribution is -2.52. The maximum absolute atomic E-state index is 13.5. The van der Waals surface area contributed by atoms with Gasteiger partial charge in [0.05, 0.1) is 12.1 Å². The van der Waals surface area contributed by atoms with Crippen molar-refractivity contribution in [2.45, 2.75) is 136 Å². The summed E-state index contributed by atoms with van der Waals surface area (Å²) in [4.78, 5) is 63.9. The quantitative estimate of drug-likeness (QED) is 0.109. The first kappa shape index (κ1) is 41.7. The number of aliphatic hydroxyl groups is 1. The van der Waals surface area contributed by atoms with Crippen molar-refractivity contribution in [1.82, 2.24) is 10.6 Å². The zero-order valence-electron chi connectivity index (χ0n) is 28.2. The highest BCUT2D eigenvalue weighted by molar-refractivity contribution is 5.94. The number of aliphatic hydroxyl groups excluding tert-OH is 1. The molecule has 5 N–H and O–H groups in total. The first-order valence-electron chi connectivity index (χ1n) is 16.8. The molecule has 266 valence electrons. The van der Waals surface area contributed by atoms with Gasteiger partial charge in [0.25, 0.3) is 0 Å². The number of Topliss-reactive ketones (excluding diaryl/α,β-unsaturated/α-hetero) is 2. The van der Waals surface area contributed by atoms with Crippen molar-refractivity contribution in [3.63, 3.8) is 0 Å². The third-order valence-electron chi connectivity index (χ3n) is 8.34. The van der Waals surface area contributed by atoms with Crippen LogP contribution >= 0.6 is 0 Å². The Morgan fingerprint density at radius 1 is 0.830 bits per heavy atom. The van der Waals surface area contributed by atoms with E-state index in [2.05, 4.69) is 17.6 Å². The minimum atomic E-state index is -5.07. The molecule has 3 amide bonds. The number of nitrogens with one attached hydrogen (secondary N) is 2. The van der Waals surface area contributed by atoms with Crippen LogP contribution in [0.4, 0.5) is 13.2 Å². The summed E-state index contributed by atoms with van der Waals surface area (Å²) in [5.41, 5.74) is 5.78. The van der Waals surface area contributed by atoms with E-state index >= 15 is 0 Å². The molecule has 1 unspecified atom stereocenters. The molecular weight excluding hydrogens is 615 g/mol. The van der Waals surface area contributed by atoms with Crippen LogP contribution < -0.4 is 16.4 Å². The molecule has 0 aliphatic rings. The number of carbonyl (C=O) groups is 5. The van der Waals surface area contributed by atoms with E-state index in [1.165, 1.54) is 26.2 Å². The van der Waals surface area contributed by atoms with Crippen molar-refractivity contribution in [3.8, 4) is 0 Å².